The van der Waals surface area contributed by atoms with Crippen LogP contribution in [0.4, 0.5) is 13.2 Å². The summed E-state index contributed by atoms with van der Waals surface area (Å²) in [5, 5.41) is 12.2. The average Bonchev–Trinajstić information content (AvgIpc) is 2.96. The van der Waals surface area contributed by atoms with Crippen molar-refractivity contribution in [1.82, 2.24) is 5.32 Å². The van der Waals surface area contributed by atoms with Crippen LogP contribution >= 0.6 is 0 Å². The Morgan fingerprint density at radius 3 is 2.67 bits per heavy atom. The highest BCUT2D eigenvalue weighted by Crippen LogP contribution is 2.21. The number of aliphatic hydroxyl groups is 1. The Labute approximate surface area is 119 Å². The summed E-state index contributed by atoms with van der Waals surface area (Å²) in [5.74, 6) is -0.817. The summed E-state index contributed by atoms with van der Waals surface area (Å²) in [6.07, 6.45) is 1.48. The molecule has 114 valence electrons. The molecule has 21 heavy (non-hydrogen) atoms. The van der Waals surface area contributed by atoms with Gasteiger partial charge in [-0.3, -0.25) is 0 Å². The molecule has 0 unspecified atom stereocenters. The minimum atomic E-state index is -3.07. The minimum Gasteiger partial charge on any atom is -0.468 e. The van der Waals surface area contributed by atoms with E-state index in [1.165, 1.54) is 12.3 Å². The van der Waals surface area contributed by atoms with Crippen LogP contribution in [0.3, 0.4) is 0 Å². The Morgan fingerprint density at radius 1 is 1.29 bits per heavy atom. The van der Waals surface area contributed by atoms with Crippen LogP contribution in [-0.2, 0) is 6.54 Å². The molecule has 0 saturated carbocycles. The molecule has 0 fully saturated rings. The van der Waals surface area contributed by atoms with Gasteiger partial charge in [-0.25, -0.2) is 4.39 Å². The molecule has 0 aliphatic heterocycles. The fourth-order valence-corrected chi connectivity index (χ4v) is 1.83. The molecular weight excluding hydrogens is 287 g/mol. The van der Waals surface area contributed by atoms with Crippen molar-refractivity contribution in [3.63, 3.8) is 0 Å². The highest BCUT2D eigenvalue weighted by atomic mass is 19.3. The SMILES string of the molecule is OC[C@H](NCc1ccc(OC(F)F)c(F)c1)c1ccco1. The third-order valence-corrected chi connectivity index (χ3v) is 2.83. The molecular formula is C14H14F3NO3. The second-order valence-corrected chi connectivity index (χ2v) is 4.27. The lowest BCUT2D eigenvalue weighted by atomic mass is 10.1. The van der Waals surface area contributed by atoms with Crippen molar-refractivity contribution in [2.24, 2.45) is 0 Å². The van der Waals surface area contributed by atoms with Crippen molar-refractivity contribution in [2.45, 2.75) is 19.2 Å². The van der Waals surface area contributed by atoms with E-state index in [-0.39, 0.29) is 13.2 Å². The van der Waals surface area contributed by atoms with Gasteiger partial charge in [-0.1, -0.05) is 6.07 Å². The second kappa shape index (κ2) is 7.14. The van der Waals surface area contributed by atoms with Gasteiger partial charge in [-0.05, 0) is 29.8 Å². The van der Waals surface area contributed by atoms with Crippen molar-refractivity contribution in [1.29, 1.82) is 0 Å². The molecule has 0 amide bonds. The van der Waals surface area contributed by atoms with Crippen LogP contribution in [0.25, 0.3) is 0 Å². The minimum absolute atomic E-state index is 0.192. The zero-order valence-electron chi connectivity index (χ0n) is 10.9. The summed E-state index contributed by atoms with van der Waals surface area (Å²) in [7, 11) is 0. The lowest BCUT2D eigenvalue weighted by molar-refractivity contribution is -0.0522. The van der Waals surface area contributed by atoms with Gasteiger partial charge in [0.2, 0.25) is 0 Å². The number of hydrogen-bond donors (Lipinski definition) is 2. The van der Waals surface area contributed by atoms with Crippen LogP contribution in [0, 0.1) is 5.82 Å². The van der Waals surface area contributed by atoms with Crippen LogP contribution in [0.5, 0.6) is 5.75 Å². The Hall–Kier alpha value is -1.99. The molecule has 0 saturated heterocycles. The fourth-order valence-electron chi connectivity index (χ4n) is 1.83. The molecule has 0 aliphatic rings. The van der Waals surface area contributed by atoms with Crippen LogP contribution in [0.15, 0.2) is 41.0 Å². The van der Waals surface area contributed by atoms with Crippen molar-refractivity contribution in [2.75, 3.05) is 6.61 Å². The average molecular weight is 301 g/mol. The molecule has 0 radical (unpaired) electrons. The highest BCUT2D eigenvalue weighted by Gasteiger charge is 2.14. The number of ether oxygens (including phenoxy) is 1. The Kier molecular flexibility index (Phi) is 5.24. The Morgan fingerprint density at radius 2 is 2.10 bits per heavy atom. The number of halogens is 3. The third-order valence-electron chi connectivity index (χ3n) is 2.83. The molecule has 7 heteroatoms. The van der Waals surface area contributed by atoms with E-state index in [1.54, 1.807) is 12.1 Å². The van der Waals surface area contributed by atoms with Gasteiger partial charge in [0.15, 0.2) is 11.6 Å². The van der Waals surface area contributed by atoms with E-state index in [9.17, 15) is 18.3 Å². The molecule has 2 N–H and O–H groups in total. The molecule has 0 aliphatic carbocycles. The predicted octanol–water partition coefficient (Wildman–Crippen LogP) is 2.84. The first kappa shape index (κ1) is 15.4. The number of alkyl halides is 2. The molecule has 1 aromatic heterocycles. The van der Waals surface area contributed by atoms with Gasteiger partial charge >= 0.3 is 6.61 Å². The van der Waals surface area contributed by atoms with Crippen LogP contribution < -0.4 is 10.1 Å². The summed E-state index contributed by atoms with van der Waals surface area (Å²) in [6.45, 7) is -3.03. The lowest BCUT2D eigenvalue weighted by Gasteiger charge is -2.14. The first-order valence-electron chi connectivity index (χ1n) is 6.21. The van der Waals surface area contributed by atoms with Gasteiger partial charge < -0.3 is 19.6 Å². The fraction of sp³-hybridized carbons (Fsp3) is 0.286. The van der Waals surface area contributed by atoms with Gasteiger partial charge in [-0.15, -0.1) is 0 Å². The summed E-state index contributed by atoms with van der Waals surface area (Å²) in [6, 6.07) is 6.66. The normalized spacial score (nSPS) is 12.6. The van der Waals surface area contributed by atoms with Crippen molar-refractivity contribution in [3.8, 4) is 5.75 Å². The van der Waals surface area contributed by atoms with E-state index in [2.05, 4.69) is 10.1 Å². The number of benzene rings is 1. The number of nitrogens with one attached hydrogen (secondary N) is 1. The number of furan rings is 1. The van der Waals surface area contributed by atoms with Crippen molar-refractivity contribution >= 4 is 0 Å². The van der Waals surface area contributed by atoms with E-state index < -0.39 is 24.2 Å². The van der Waals surface area contributed by atoms with Crippen LogP contribution in [0.2, 0.25) is 0 Å². The van der Waals surface area contributed by atoms with Gasteiger partial charge in [0.25, 0.3) is 0 Å². The topological polar surface area (TPSA) is 54.6 Å². The first-order valence-corrected chi connectivity index (χ1v) is 6.21. The lowest BCUT2D eigenvalue weighted by Crippen LogP contribution is -2.23. The van der Waals surface area contributed by atoms with Crippen LogP contribution in [-0.4, -0.2) is 18.3 Å². The first-order chi connectivity index (χ1) is 10.1. The Bertz CT molecular complexity index is 561. The molecule has 2 rings (SSSR count). The van der Waals surface area contributed by atoms with Gasteiger partial charge in [0.1, 0.15) is 5.76 Å². The van der Waals surface area contributed by atoms with E-state index >= 15 is 0 Å². The second-order valence-electron chi connectivity index (χ2n) is 4.27. The molecule has 1 aromatic carbocycles. The summed E-state index contributed by atoms with van der Waals surface area (Å²) in [5.41, 5.74) is 0.527. The third kappa shape index (κ3) is 4.24. The largest absolute Gasteiger partial charge is 0.468 e. The van der Waals surface area contributed by atoms with Gasteiger partial charge in [-0.2, -0.15) is 8.78 Å². The number of aliphatic hydroxyl groups excluding tert-OH is 1. The quantitative estimate of drug-likeness (QED) is 0.825. The van der Waals surface area contributed by atoms with E-state index in [0.717, 1.165) is 12.1 Å². The number of rotatable bonds is 7. The van der Waals surface area contributed by atoms with Gasteiger partial charge in [0.05, 0.1) is 18.9 Å². The van der Waals surface area contributed by atoms with Gasteiger partial charge in [0, 0.05) is 6.54 Å². The summed E-state index contributed by atoms with van der Waals surface area (Å²) in [4.78, 5) is 0. The maximum Gasteiger partial charge on any atom is 0.387 e. The molecule has 1 heterocycles. The Balaban J connectivity index is 1.98. The summed E-state index contributed by atoms with van der Waals surface area (Å²) >= 11 is 0. The predicted molar refractivity (Wildman–Crippen MR) is 68.4 cm³/mol. The highest BCUT2D eigenvalue weighted by molar-refractivity contribution is 5.29. The zero-order valence-corrected chi connectivity index (χ0v) is 10.9. The molecule has 1 atom stereocenters. The van der Waals surface area contributed by atoms with Crippen LogP contribution in [0.1, 0.15) is 17.4 Å². The number of hydrogen-bond acceptors (Lipinski definition) is 4. The van der Waals surface area contributed by atoms with Crippen molar-refractivity contribution in [3.05, 3.63) is 53.7 Å². The summed E-state index contributed by atoms with van der Waals surface area (Å²) < 4.78 is 46.8. The maximum absolute atomic E-state index is 13.5. The standard InChI is InChI=1S/C14H14F3NO3/c15-10-6-9(3-4-12(10)21-14(16)17)7-18-11(8-19)13-2-1-5-20-13/h1-6,11,14,18-19H,7-8H2/t11-/m0/s1. The zero-order chi connectivity index (χ0) is 15.2. The molecule has 2 aromatic rings. The molecule has 0 spiro atoms. The maximum atomic E-state index is 13.5. The monoisotopic (exact) mass is 301 g/mol. The van der Waals surface area contributed by atoms with Crippen molar-refractivity contribution < 1.29 is 27.4 Å². The van der Waals surface area contributed by atoms with E-state index in [1.807, 2.05) is 0 Å². The van der Waals surface area contributed by atoms with E-state index in [0.29, 0.717) is 11.3 Å². The molecule has 4 nitrogen and oxygen atoms in total. The smallest absolute Gasteiger partial charge is 0.387 e. The molecule has 0 bridgehead atoms. The van der Waals surface area contributed by atoms with E-state index in [4.69, 9.17) is 4.42 Å².